The first-order valence-electron chi connectivity index (χ1n) is 10.6. The van der Waals surface area contributed by atoms with Gasteiger partial charge in [-0.3, -0.25) is 8.71 Å². The highest BCUT2D eigenvalue weighted by molar-refractivity contribution is 7.92. The van der Waals surface area contributed by atoms with Gasteiger partial charge in [0.25, 0.3) is 0 Å². The van der Waals surface area contributed by atoms with Crippen LogP contribution >= 0.6 is 0 Å². The van der Waals surface area contributed by atoms with E-state index in [-0.39, 0.29) is 34.8 Å². The van der Waals surface area contributed by atoms with Crippen molar-refractivity contribution in [3.05, 3.63) is 36.3 Å². The summed E-state index contributed by atoms with van der Waals surface area (Å²) in [5.41, 5.74) is 0.596. The van der Waals surface area contributed by atoms with Crippen LogP contribution in [-0.4, -0.2) is 59.2 Å². The largest absolute Gasteiger partial charge is 0.364 e. The molecule has 3 aromatic heterocycles. The van der Waals surface area contributed by atoms with Crippen molar-refractivity contribution in [2.24, 2.45) is 0 Å². The molecule has 0 saturated carbocycles. The Bertz CT molecular complexity index is 1260. The lowest BCUT2D eigenvalue weighted by Gasteiger charge is -2.27. The predicted molar refractivity (Wildman–Crippen MR) is 116 cm³/mol. The maximum atomic E-state index is 14.8. The van der Waals surface area contributed by atoms with Crippen LogP contribution in [0.15, 0.2) is 24.7 Å². The normalized spacial score (nSPS) is 21.1. The Balaban J connectivity index is 1.55. The third kappa shape index (κ3) is 3.88. The second-order valence-electron chi connectivity index (χ2n) is 8.05. The smallest absolute Gasteiger partial charge is 0.236 e. The van der Waals surface area contributed by atoms with Gasteiger partial charge in [0, 0.05) is 25.2 Å². The van der Waals surface area contributed by atoms with Gasteiger partial charge in [-0.25, -0.2) is 32.2 Å². The van der Waals surface area contributed by atoms with E-state index < -0.39 is 21.7 Å². The van der Waals surface area contributed by atoms with Crippen LogP contribution in [0.2, 0.25) is 0 Å². The molecule has 0 bridgehead atoms. The molecule has 32 heavy (non-hydrogen) atoms. The first kappa shape index (κ1) is 21.0. The van der Waals surface area contributed by atoms with Gasteiger partial charge in [-0.1, -0.05) is 0 Å². The average Bonchev–Trinajstić information content (AvgIpc) is 3.19. The number of rotatable bonds is 4. The Morgan fingerprint density at radius 1 is 1.12 bits per heavy atom. The maximum absolute atomic E-state index is 14.8. The molecule has 5 heterocycles. The highest BCUT2D eigenvalue weighted by atomic mass is 32.2. The quantitative estimate of drug-likeness (QED) is 0.611. The molecule has 2 saturated heterocycles. The lowest BCUT2D eigenvalue weighted by Crippen LogP contribution is -2.38. The van der Waals surface area contributed by atoms with Crippen LogP contribution in [0, 0.1) is 11.6 Å². The van der Waals surface area contributed by atoms with E-state index in [4.69, 9.17) is 0 Å². The zero-order chi connectivity index (χ0) is 22.3. The topological polar surface area (TPSA) is 105 Å². The molecule has 3 aromatic rings. The van der Waals surface area contributed by atoms with Crippen molar-refractivity contribution >= 4 is 27.3 Å². The van der Waals surface area contributed by atoms with E-state index >= 15 is 0 Å². The molecule has 9 nitrogen and oxygen atoms in total. The fraction of sp³-hybridized carbons (Fsp3) is 0.450. The fourth-order valence-corrected chi connectivity index (χ4v) is 5.72. The van der Waals surface area contributed by atoms with Crippen molar-refractivity contribution < 1.29 is 17.2 Å². The third-order valence-electron chi connectivity index (χ3n) is 5.80. The van der Waals surface area contributed by atoms with Crippen LogP contribution in [0.25, 0.3) is 17.0 Å². The Labute approximate surface area is 183 Å². The van der Waals surface area contributed by atoms with Crippen molar-refractivity contribution in [3.8, 4) is 11.4 Å². The summed E-state index contributed by atoms with van der Waals surface area (Å²) >= 11 is 0. The van der Waals surface area contributed by atoms with Gasteiger partial charge in [0.15, 0.2) is 28.9 Å². The Kier molecular flexibility index (Phi) is 5.41. The van der Waals surface area contributed by atoms with Crippen molar-refractivity contribution in [3.63, 3.8) is 0 Å². The van der Waals surface area contributed by atoms with E-state index in [1.165, 1.54) is 27.3 Å². The van der Waals surface area contributed by atoms with Gasteiger partial charge >= 0.3 is 0 Å². The van der Waals surface area contributed by atoms with E-state index in [1.807, 2.05) is 0 Å². The SMILES string of the molecule is O=S1(=O)CCCCN1c1cn2c(-c3nc(NC4CCCNC4)c(F)cc3F)cnc2cn1. The number of fused-ring (bicyclic) bond motifs is 1. The van der Waals surface area contributed by atoms with Crippen molar-refractivity contribution in [2.45, 2.75) is 31.7 Å². The van der Waals surface area contributed by atoms with Gasteiger partial charge in [0.2, 0.25) is 10.0 Å². The minimum Gasteiger partial charge on any atom is -0.364 e. The lowest BCUT2D eigenvalue weighted by molar-refractivity contribution is 0.475. The summed E-state index contributed by atoms with van der Waals surface area (Å²) in [7, 11) is -3.46. The van der Waals surface area contributed by atoms with E-state index in [9.17, 15) is 17.2 Å². The second kappa shape index (κ2) is 8.24. The molecule has 2 aliphatic heterocycles. The highest BCUT2D eigenvalue weighted by Gasteiger charge is 2.28. The molecule has 12 heteroatoms. The van der Waals surface area contributed by atoms with E-state index in [0.717, 1.165) is 31.9 Å². The molecular formula is C20H23F2N7O2S. The minimum atomic E-state index is -3.46. The van der Waals surface area contributed by atoms with Crippen molar-refractivity contribution in [2.75, 3.05) is 35.0 Å². The number of aromatic nitrogens is 4. The van der Waals surface area contributed by atoms with Crippen LogP contribution < -0.4 is 14.9 Å². The van der Waals surface area contributed by atoms with Gasteiger partial charge < -0.3 is 10.6 Å². The summed E-state index contributed by atoms with van der Waals surface area (Å²) in [5, 5.41) is 6.29. The molecule has 0 amide bonds. The number of hydrogen-bond donors (Lipinski definition) is 2. The summed E-state index contributed by atoms with van der Waals surface area (Å²) in [6, 6.07) is 0.795. The number of imidazole rings is 1. The molecule has 2 fully saturated rings. The number of halogens is 2. The molecule has 0 spiro atoms. The molecule has 0 radical (unpaired) electrons. The molecule has 0 aliphatic carbocycles. The summed E-state index contributed by atoms with van der Waals surface area (Å²) in [5.74, 6) is -1.35. The van der Waals surface area contributed by atoms with Gasteiger partial charge in [0.1, 0.15) is 5.69 Å². The number of sulfonamides is 1. The third-order valence-corrected chi connectivity index (χ3v) is 7.64. The maximum Gasteiger partial charge on any atom is 0.236 e. The zero-order valence-electron chi connectivity index (χ0n) is 17.3. The van der Waals surface area contributed by atoms with Gasteiger partial charge in [-0.2, -0.15) is 0 Å². The average molecular weight is 464 g/mol. The number of hydrogen-bond acceptors (Lipinski definition) is 7. The number of nitrogens with one attached hydrogen (secondary N) is 2. The number of anilines is 2. The second-order valence-corrected chi connectivity index (χ2v) is 10.1. The minimum absolute atomic E-state index is 0.00800. The van der Waals surface area contributed by atoms with E-state index in [1.54, 1.807) is 0 Å². The van der Waals surface area contributed by atoms with E-state index in [2.05, 4.69) is 25.6 Å². The van der Waals surface area contributed by atoms with Crippen LogP contribution in [-0.2, 0) is 10.0 Å². The predicted octanol–water partition coefficient (Wildman–Crippen LogP) is 2.16. The van der Waals surface area contributed by atoms with Crippen molar-refractivity contribution in [1.82, 2.24) is 24.7 Å². The number of piperidine rings is 1. The van der Waals surface area contributed by atoms with Crippen LogP contribution in [0.3, 0.4) is 0 Å². The van der Waals surface area contributed by atoms with Crippen LogP contribution in [0.1, 0.15) is 25.7 Å². The molecule has 1 atom stereocenters. The lowest BCUT2D eigenvalue weighted by atomic mass is 10.1. The molecule has 1 unspecified atom stereocenters. The van der Waals surface area contributed by atoms with Crippen molar-refractivity contribution in [1.29, 1.82) is 0 Å². The molecule has 2 aliphatic rings. The van der Waals surface area contributed by atoms with Gasteiger partial charge in [-0.05, 0) is 32.2 Å². The van der Waals surface area contributed by atoms with Crippen LogP contribution in [0.4, 0.5) is 20.4 Å². The first-order valence-corrected chi connectivity index (χ1v) is 12.2. The highest BCUT2D eigenvalue weighted by Crippen LogP contribution is 2.28. The van der Waals surface area contributed by atoms with Gasteiger partial charge in [-0.15, -0.1) is 0 Å². The molecule has 170 valence electrons. The zero-order valence-corrected chi connectivity index (χ0v) is 18.1. The molecule has 2 N–H and O–H groups in total. The Morgan fingerprint density at radius 2 is 2.00 bits per heavy atom. The Morgan fingerprint density at radius 3 is 2.78 bits per heavy atom. The summed E-state index contributed by atoms with van der Waals surface area (Å²) < 4.78 is 56.9. The summed E-state index contributed by atoms with van der Waals surface area (Å²) in [6.07, 6.45) is 7.50. The summed E-state index contributed by atoms with van der Waals surface area (Å²) in [4.78, 5) is 12.7. The number of nitrogens with zero attached hydrogens (tertiary/aromatic N) is 5. The molecular weight excluding hydrogens is 440 g/mol. The molecule has 0 aromatic carbocycles. The van der Waals surface area contributed by atoms with Crippen LogP contribution in [0.5, 0.6) is 0 Å². The standard InChI is InChI=1S/C20H23F2N7O2S/c21-14-8-15(22)20(26-13-4-3-5-23-9-13)27-19(14)16-10-24-17-11-25-18(12-28(16)17)29-6-1-2-7-32(29,30)31/h8,10-13,23H,1-7,9H2,(H,26,27). The fourth-order valence-electron chi connectivity index (χ4n) is 4.14. The molecule has 5 rings (SSSR count). The number of pyridine rings is 1. The first-order chi connectivity index (χ1) is 15.4. The van der Waals surface area contributed by atoms with Gasteiger partial charge in [0.05, 0.1) is 30.0 Å². The Hall–Kier alpha value is -2.86. The van der Waals surface area contributed by atoms with E-state index in [0.29, 0.717) is 25.2 Å². The monoisotopic (exact) mass is 463 g/mol. The summed E-state index contributed by atoms with van der Waals surface area (Å²) in [6.45, 7) is 1.91.